The van der Waals surface area contributed by atoms with Gasteiger partial charge in [0.2, 0.25) is 5.91 Å². The Morgan fingerprint density at radius 3 is 2.67 bits per heavy atom. The third-order valence-corrected chi connectivity index (χ3v) is 3.00. The van der Waals surface area contributed by atoms with Gasteiger partial charge in [0.15, 0.2) is 0 Å². The number of nitro groups is 1. The fraction of sp³-hybridized carbons (Fsp3) is 0.417. The molecule has 112 valence electrons. The Balaban J connectivity index is 1.89. The molecule has 0 aromatic carbocycles. The first kappa shape index (κ1) is 14.7. The third kappa shape index (κ3) is 3.88. The van der Waals surface area contributed by atoms with Crippen LogP contribution in [0.1, 0.15) is 23.2 Å². The van der Waals surface area contributed by atoms with Crippen LogP contribution in [-0.4, -0.2) is 34.8 Å². The molecule has 1 heterocycles. The summed E-state index contributed by atoms with van der Waals surface area (Å²) in [5, 5.41) is 16.0. The fourth-order valence-electron chi connectivity index (χ4n) is 1.74. The van der Waals surface area contributed by atoms with E-state index in [1.807, 2.05) is 0 Å². The predicted molar refractivity (Wildman–Crippen MR) is 73.4 cm³/mol. The number of carbonyl (C=O) groups is 2. The Hall–Kier alpha value is -2.71. The molecule has 9 heteroatoms. The van der Waals surface area contributed by atoms with Crippen LogP contribution in [-0.2, 0) is 4.79 Å². The van der Waals surface area contributed by atoms with Crippen LogP contribution in [0.5, 0.6) is 0 Å². The van der Waals surface area contributed by atoms with Crippen molar-refractivity contribution < 1.29 is 14.5 Å². The second-order valence-corrected chi connectivity index (χ2v) is 4.70. The first-order valence-corrected chi connectivity index (χ1v) is 6.45. The van der Waals surface area contributed by atoms with Crippen molar-refractivity contribution in [2.24, 2.45) is 5.92 Å². The smallest absolute Gasteiger partial charge is 0.300 e. The second kappa shape index (κ2) is 6.16. The molecule has 2 amide bonds. The van der Waals surface area contributed by atoms with Crippen LogP contribution in [0.2, 0.25) is 0 Å². The Kier molecular flexibility index (Phi) is 4.31. The van der Waals surface area contributed by atoms with E-state index in [2.05, 4.69) is 15.6 Å². The summed E-state index contributed by atoms with van der Waals surface area (Å²) < 4.78 is 0. The number of pyridine rings is 1. The van der Waals surface area contributed by atoms with Crippen molar-refractivity contribution in [3.05, 3.63) is 27.9 Å². The number of aromatic nitrogens is 1. The predicted octanol–water partition coefficient (Wildman–Crippen LogP) is -0.172. The zero-order chi connectivity index (χ0) is 15.4. The maximum Gasteiger partial charge on any atom is 0.300 e. The molecule has 1 saturated carbocycles. The van der Waals surface area contributed by atoms with Gasteiger partial charge in [-0.2, -0.15) is 0 Å². The first-order chi connectivity index (χ1) is 9.99. The molecule has 2 rings (SSSR count). The van der Waals surface area contributed by atoms with E-state index < -0.39 is 16.5 Å². The maximum absolute atomic E-state index is 11.9. The van der Waals surface area contributed by atoms with Crippen molar-refractivity contribution in [3.63, 3.8) is 0 Å². The summed E-state index contributed by atoms with van der Waals surface area (Å²) >= 11 is 0. The van der Waals surface area contributed by atoms with Crippen LogP contribution in [0, 0.1) is 16.0 Å². The van der Waals surface area contributed by atoms with Gasteiger partial charge in [-0.05, 0) is 18.9 Å². The van der Waals surface area contributed by atoms with E-state index in [1.54, 1.807) is 0 Å². The summed E-state index contributed by atoms with van der Waals surface area (Å²) in [5.74, 6) is -0.533. The molecule has 21 heavy (non-hydrogen) atoms. The van der Waals surface area contributed by atoms with Gasteiger partial charge in [-0.25, -0.2) is 4.98 Å². The molecule has 1 aromatic heterocycles. The highest BCUT2D eigenvalue weighted by atomic mass is 16.6. The lowest BCUT2D eigenvalue weighted by Crippen LogP contribution is -2.35. The SMILES string of the molecule is Nc1cc(C(=O)NCCNC(=O)C2CC2)c([N+](=O)[O-])cn1. The zero-order valence-corrected chi connectivity index (χ0v) is 11.2. The van der Waals surface area contributed by atoms with Gasteiger partial charge in [-0.3, -0.25) is 19.7 Å². The fourth-order valence-corrected chi connectivity index (χ4v) is 1.74. The van der Waals surface area contributed by atoms with E-state index in [9.17, 15) is 19.7 Å². The van der Waals surface area contributed by atoms with E-state index in [1.165, 1.54) is 0 Å². The highest BCUT2D eigenvalue weighted by Crippen LogP contribution is 2.28. The minimum atomic E-state index is -0.698. The molecular formula is C12H15N5O4. The summed E-state index contributed by atoms with van der Waals surface area (Å²) in [6.45, 7) is 0.451. The first-order valence-electron chi connectivity index (χ1n) is 6.45. The van der Waals surface area contributed by atoms with Crippen molar-refractivity contribution in [1.29, 1.82) is 0 Å². The van der Waals surface area contributed by atoms with Crippen molar-refractivity contribution in [2.75, 3.05) is 18.8 Å². The number of nitrogens with two attached hydrogens (primary N) is 1. The lowest BCUT2D eigenvalue weighted by molar-refractivity contribution is -0.385. The Morgan fingerprint density at radius 2 is 2.05 bits per heavy atom. The van der Waals surface area contributed by atoms with Gasteiger partial charge in [-0.15, -0.1) is 0 Å². The lowest BCUT2D eigenvalue weighted by Gasteiger charge is -2.07. The van der Waals surface area contributed by atoms with E-state index in [0.717, 1.165) is 25.1 Å². The van der Waals surface area contributed by atoms with Crippen LogP contribution in [0.15, 0.2) is 12.3 Å². The number of nitrogen functional groups attached to an aromatic ring is 1. The molecule has 0 radical (unpaired) electrons. The normalized spacial score (nSPS) is 13.5. The topological polar surface area (TPSA) is 140 Å². The van der Waals surface area contributed by atoms with E-state index in [4.69, 9.17) is 5.73 Å². The van der Waals surface area contributed by atoms with Crippen molar-refractivity contribution >= 4 is 23.3 Å². The molecule has 0 unspecified atom stereocenters. The number of anilines is 1. The molecule has 0 spiro atoms. The third-order valence-electron chi connectivity index (χ3n) is 3.00. The van der Waals surface area contributed by atoms with Gasteiger partial charge in [-0.1, -0.05) is 0 Å². The number of rotatable bonds is 6. The van der Waals surface area contributed by atoms with Gasteiger partial charge in [0.1, 0.15) is 17.6 Å². The van der Waals surface area contributed by atoms with Crippen molar-refractivity contribution in [2.45, 2.75) is 12.8 Å². The molecule has 1 aromatic rings. The van der Waals surface area contributed by atoms with Crippen LogP contribution < -0.4 is 16.4 Å². The minimum Gasteiger partial charge on any atom is -0.384 e. The van der Waals surface area contributed by atoms with E-state index in [-0.39, 0.29) is 36.3 Å². The summed E-state index contributed by atoms with van der Waals surface area (Å²) in [7, 11) is 0. The molecule has 1 aliphatic rings. The average Bonchev–Trinajstić information content (AvgIpc) is 3.27. The van der Waals surface area contributed by atoms with Crippen molar-refractivity contribution in [1.82, 2.24) is 15.6 Å². The number of nitrogens with one attached hydrogen (secondary N) is 2. The lowest BCUT2D eigenvalue weighted by atomic mass is 10.2. The van der Waals surface area contributed by atoms with E-state index in [0.29, 0.717) is 0 Å². The largest absolute Gasteiger partial charge is 0.384 e. The molecule has 4 N–H and O–H groups in total. The Labute approximate surface area is 120 Å². The van der Waals surface area contributed by atoms with Gasteiger partial charge >= 0.3 is 0 Å². The number of hydrogen-bond acceptors (Lipinski definition) is 6. The van der Waals surface area contributed by atoms with Crippen molar-refractivity contribution in [3.8, 4) is 0 Å². The second-order valence-electron chi connectivity index (χ2n) is 4.70. The van der Waals surface area contributed by atoms with Crippen LogP contribution in [0.3, 0.4) is 0 Å². The standard InChI is InChI=1S/C12H15N5O4/c13-10-5-8(9(6-16-10)17(20)21)12(19)15-4-3-14-11(18)7-1-2-7/h5-7H,1-4H2,(H2,13,16)(H,14,18)(H,15,19). The van der Waals surface area contributed by atoms with E-state index >= 15 is 0 Å². The summed E-state index contributed by atoms with van der Waals surface area (Å²) in [6, 6.07) is 1.15. The van der Waals surface area contributed by atoms with Crippen LogP contribution >= 0.6 is 0 Å². The number of carbonyl (C=O) groups excluding carboxylic acids is 2. The zero-order valence-electron chi connectivity index (χ0n) is 11.2. The van der Waals surface area contributed by atoms with Gasteiger partial charge in [0.25, 0.3) is 11.6 Å². The quantitative estimate of drug-likeness (QED) is 0.378. The van der Waals surface area contributed by atoms with Gasteiger partial charge in [0, 0.05) is 19.0 Å². The minimum absolute atomic E-state index is 0.0211. The van der Waals surface area contributed by atoms with Gasteiger partial charge < -0.3 is 16.4 Å². The average molecular weight is 293 g/mol. The highest BCUT2D eigenvalue weighted by molar-refractivity contribution is 5.98. The molecule has 0 aliphatic heterocycles. The molecule has 9 nitrogen and oxygen atoms in total. The summed E-state index contributed by atoms with van der Waals surface area (Å²) in [6.07, 6.45) is 2.75. The Morgan fingerprint density at radius 1 is 1.38 bits per heavy atom. The molecule has 0 atom stereocenters. The Bertz CT molecular complexity index is 585. The number of nitrogens with zero attached hydrogens (tertiary/aromatic N) is 2. The van der Waals surface area contributed by atoms with Crippen LogP contribution in [0.25, 0.3) is 0 Å². The molecule has 1 aliphatic carbocycles. The monoisotopic (exact) mass is 293 g/mol. The summed E-state index contributed by atoms with van der Waals surface area (Å²) in [5.41, 5.74) is 4.86. The van der Waals surface area contributed by atoms with Gasteiger partial charge in [0.05, 0.1) is 4.92 Å². The van der Waals surface area contributed by atoms with Crippen LogP contribution in [0.4, 0.5) is 11.5 Å². The number of amides is 2. The number of hydrogen-bond donors (Lipinski definition) is 3. The molecule has 0 bridgehead atoms. The molecule has 0 saturated heterocycles. The maximum atomic E-state index is 11.9. The molecule has 1 fully saturated rings. The molecular weight excluding hydrogens is 278 g/mol. The summed E-state index contributed by atoms with van der Waals surface area (Å²) in [4.78, 5) is 37.0. The highest BCUT2D eigenvalue weighted by Gasteiger charge is 2.29.